The summed E-state index contributed by atoms with van der Waals surface area (Å²) in [4.78, 5) is 3.95. The van der Waals surface area contributed by atoms with Crippen molar-refractivity contribution in [2.45, 2.75) is 11.4 Å². The maximum absolute atomic E-state index is 12.0. The first-order valence-corrected chi connectivity index (χ1v) is 6.91. The first-order valence-electron chi connectivity index (χ1n) is 5.05. The molecular formula is C10H9ClN4O2S. The molecule has 8 heteroatoms. The zero-order chi connectivity index (χ0) is 13.2. The maximum atomic E-state index is 12.0. The van der Waals surface area contributed by atoms with E-state index in [1.54, 1.807) is 24.4 Å². The summed E-state index contributed by atoms with van der Waals surface area (Å²) in [5.74, 6) is 0. The van der Waals surface area contributed by atoms with Crippen molar-refractivity contribution in [3.8, 4) is 6.07 Å². The monoisotopic (exact) mass is 284 g/mol. The summed E-state index contributed by atoms with van der Waals surface area (Å²) in [6.45, 7) is 0.0369. The van der Waals surface area contributed by atoms with Crippen LogP contribution in [0.1, 0.15) is 6.42 Å². The second-order valence-corrected chi connectivity index (χ2v) is 5.48. The summed E-state index contributed by atoms with van der Waals surface area (Å²) in [7, 11) is -3.78. The number of nitrogens with zero attached hydrogens (tertiary/aromatic N) is 3. The van der Waals surface area contributed by atoms with Crippen LogP contribution in [-0.2, 0) is 10.0 Å². The third-order valence-electron chi connectivity index (χ3n) is 2.23. The van der Waals surface area contributed by atoms with Crippen LogP contribution >= 0.6 is 11.6 Å². The molecule has 0 atom stereocenters. The van der Waals surface area contributed by atoms with Crippen molar-refractivity contribution in [2.24, 2.45) is 0 Å². The van der Waals surface area contributed by atoms with Crippen LogP contribution in [0, 0.1) is 11.3 Å². The minimum Gasteiger partial charge on any atom is -0.288 e. The first kappa shape index (κ1) is 12.8. The fourth-order valence-corrected chi connectivity index (χ4v) is 3.17. The van der Waals surface area contributed by atoms with Crippen LogP contribution in [0.3, 0.4) is 0 Å². The van der Waals surface area contributed by atoms with Gasteiger partial charge in [0.05, 0.1) is 6.07 Å². The van der Waals surface area contributed by atoms with Crippen LogP contribution in [0.2, 0.25) is 5.15 Å². The molecule has 2 rings (SSSR count). The largest absolute Gasteiger partial charge is 0.288 e. The molecule has 1 N–H and O–H groups in total. The zero-order valence-corrected chi connectivity index (χ0v) is 10.7. The molecule has 0 unspecified atom stereocenters. The number of pyridine rings is 1. The summed E-state index contributed by atoms with van der Waals surface area (Å²) < 4.78 is 27.8. The van der Waals surface area contributed by atoms with Gasteiger partial charge in [-0.3, -0.25) is 4.40 Å². The third kappa shape index (κ3) is 2.31. The van der Waals surface area contributed by atoms with E-state index in [1.165, 1.54) is 4.40 Å². The summed E-state index contributed by atoms with van der Waals surface area (Å²) in [5.41, 5.74) is 0.447. The van der Waals surface area contributed by atoms with Crippen molar-refractivity contribution in [1.82, 2.24) is 14.1 Å². The van der Waals surface area contributed by atoms with Gasteiger partial charge in [0.25, 0.3) is 10.0 Å². The number of fused-ring (bicyclic) bond motifs is 1. The van der Waals surface area contributed by atoms with Crippen LogP contribution in [0.15, 0.2) is 29.4 Å². The van der Waals surface area contributed by atoms with Crippen LogP contribution < -0.4 is 4.72 Å². The van der Waals surface area contributed by atoms with E-state index in [-0.39, 0.29) is 23.1 Å². The van der Waals surface area contributed by atoms with Gasteiger partial charge in [-0.15, -0.1) is 0 Å². The fraction of sp³-hybridized carbons (Fsp3) is 0.200. The second-order valence-electron chi connectivity index (χ2n) is 3.44. The summed E-state index contributed by atoms with van der Waals surface area (Å²) >= 11 is 5.85. The zero-order valence-electron chi connectivity index (χ0n) is 9.17. The number of imidazole rings is 1. The number of nitrogens with one attached hydrogen (secondary N) is 1. The third-order valence-corrected chi connectivity index (χ3v) is 4.09. The molecule has 0 bridgehead atoms. The molecule has 2 aromatic heterocycles. The number of rotatable bonds is 4. The molecule has 0 fully saturated rings. The quantitative estimate of drug-likeness (QED) is 0.854. The molecule has 0 aliphatic rings. The van der Waals surface area contributed by atoms with E-state index in [9.17, 15) is 8.42 Å². The van der Waals surface area contributed by atoms with Gasteiger partial charge in [-0.05, 0) is 12.1 Å². The Morgan fingerprint density at radius 3 is 3.00 bits per heavy atom. The van der Waals surface area contributed by atoms with E-state index in [4.69, 9.17) is 16.9 Å². The maximum Gasteiger partial charge on any atom is 0.259 e. The van der Waals surface area contributed by atoms with Gasteiger partial charge in [-0.2, -0.15) is 5.26 Å². The average molecular weight is 285 g/mol. The molecule has 0 spiro atoms. The van der Waals surface area contributed by atoms with E-state index < -0.39 is 10.0 Å². The van der Waals surface area contributed by atoms with Gasteiger partial charge in [0, 0.05) is 19.2 Å². The predicted octanol–water partition coefficient (Wildman–Crippen LogP) is 1.18. The normalized spacial score (nSPS) is 11.6. The Hall–Kier alpha value is -1.62. The Bertz CT molecular complexity index is 717. The predicted molar refractivity (Wildman–Crippen MR) is 65.6 cm³/mol. The van der Waals surface area contributed by atoms with Crippen LogP contribution in [0.5, 0.6) is 0 Å². The van der Waals surface area contributed by atoms with Gasteiger partial charge >= 0.3 is 0 Å². The average Bonchev–Trinajstić information content (AvgIpc) is 2.65. The van der Waals surface area contributed by atoms with Crippen molar-refractivity contribution in [2.75, 3.05) is 6.54 Å². The Morgan fingerprint density at radius 2 is 2.28 bits per heavy atom. The second kappa shape index (κ2) is 4.94. The topological polar surface area (TPSA) is 87.3 Å². The van der Waals surface area contributed by atoms with Crippen molar-refractivity contribution in [3.05, 3.63) is 29.5 Å². The molecule has 2 aromatic rings. The first-order chi connectivity index (χ1) is 8.56. The fourth-order valence-electron chi connectivity index (χ4n) is 1.49. The van der Waals surface area contributed by atoms with Crippen LogP contribution in [0.25, 0.3) is 5.65 Å². The summed E-state index contributed by atoms with van der Waals surface area (Å²) in [6, 6.07) is 6.92. The molecular weight excluding hydrogens is 276 g/mol. The number of nitriles is 1. The lowest BCUT2D eigenvalue weighted by Gasteiger charge is -2.04. The molecule has 6 nitrogen and oxygen atoms in total. The summed E-state index contributed by atoms with van der Waals surface area (Å²) in [5, 5.41) is 8.19. The van der Waals surface area contributed by atoms with Crippen molar-refractivity contribution < 1.29 is 8.42 Å². The standard InChI is InChI=1S/C10H9ClN4O2S/c11-9-10(18(16,17)13-6-3-5-12)15-7-2-1-4-8(15)14-9/h1-2,4,7,13H,3,6H2. The molecule has 2 heterocycles. The van der Waals surface area contributed by atoms with Gasteiger partial charge in [0.15, 0.2) is 10.2 Å². The summed E-state index contributed by atoms with van der Waals surface area (Å²) in [6.07, 6.45) is 1.65. The van der Waals surface area contributed by atoms with Crippen LogP contribution in [0.4, 0.5) is 0 Å². The molecule has 0 radical (unpaired) electrons. The van der Waals surface area contributed by atoms with Gasteiger partial charge in [0.2, 0.25) is 0 Å². The number of hydrogen-bond acceptors (Lipinski definition) is 4. The molecule has 0 aliphatic heterocycles. The number of hydrogen-bond donors (Lipinski definition) is 1. The number of sulfonamides is 1. The van der Waals surface area contributed by atoms with Gasteiger partial charge < -0.3 is 0 Å². The Morgan fingerprint density at radius 1 is 1.50 bits per heavy atom. The minimum absolute atomic E-state index is 0.0369. The lowest BCUT2D eigenvalue weighted by molar-refractivity contribution is 0.577. The Balaban J connectivity index is 2.47. The van der Waals surface area contributed by atoms with E-state index in [0.29, 0.717) is 5.65 Å². The number of halogens is 1. The minimum atomic E-state index is -3.78. The van der Waals surface area contributed by atoms with Crippen molar-refractivity contribution in [1.29, 1.82) is 5.26 Å². The van der Waals surface area contributed by atoms with Crippen LogP contribution in [-0.4, -0.2) is 24.3 Å². The molecule has 0 aromatic carbocycles. The highest BCUT2D eigenvalue weighted by molar-refractivity contribution is 7.89. The molecule has 18 heavy (non-hydrogen) atoms. The van der Waals surface area contributed by atoms with E-state index in [2.05, 4.69) is 9.71 Å². The molecule has 0 amide bonds. The van der Waals surface area contributed by atoms with E-state index in [0.717, 1.165) is 0 Å². The molecule has 0 aliphatic carbocycles. The highest BCUT2D eigenvalue weighted by Crippen LogP contribution is 2.22. The lowest BCUT2D eigenvalue weighted by Crippen LogP contribution is -2.26. The Kier molecular flexibility index (Phi) is 3.52. The SMILES string of the molecule is N#CCCNS(=O)(=O)c1c(Cl)nc2ccccn12. The van der Waals surface area contributed by atoms with E-state index in [1.807, 2.05) is 6.07 Å². The van der Waals surface area contributed by atoms with Gasteiger partial charge in [-0.25, -0.2) is 18.1 Å². The smallest absolute Gasteiger partial charge is 0.259 e. The molecule has 0 saturated heterocycles. The van der Waals surface area contributed by atoms with Gasteiger partial charge in [0.1, 0.15) is 5.65 Å². The number of aromatic nitrogens is 2. The van der Waals surface area contributed by atoms with Gasteiger partial charge in [-0.1, -0.05) is 17.7 Å². The molecule has 94 valence electrons. The highest BCUT2D eigenvalue weighted by Gasteiger charge is 2.23. The highest BCUT2D eigenvalue weighted by atomic mass is 35.5. The molecule has 0 saturated carbocycles. The lowest BCUT2D eigenvalue weighted by atomic mass is 10.5. The van der Waals surface area contributed by atoms with E-state index >= 15 is 0 Å². The van der Waals surface area contributed by atoms with Crippen molar-refractivity contribution >= 4 is 27.3 Å². The Labute approximate surface area is 109 Å². The van der Waals surface area contributed by atoms with Crippen molar-refractivity contribution in [3.63, 3.8) is 0 Å².